The van der Waals surface area contributed by atoms with Gasteiger partial charge in [-0.3, -0.25) is 4.79 Å². The summed E-state index contributed by atoms with van der Waals surface area (Å²) in [6.07, 6.45) is -0.786. The highest BCUT2D eigenvalue weighted by Gasteiger charge is 2.26. The number of aryl methyl sites for hydroxylation is 2. The molecule has 3 rings (SSSR count). The van der Waals surface area contributed by atoms with Crippen molar-refractivity contribution in [3.63, 3.8) is 0 Å². The second-order valence-electron chi connectivity index (χ2n) is 5.81. The number of ether oxygens (including phenoxy) is 1. The van der Waals surface area contributed by atoms with Crippen LogP contribution in [0.4, 0.5) is 10.2 Å². The highest BCUT2D eigenvalue weighted by Crippen LogP contribution is 2.27. The molecule has 7 nitrogen and oxygen atoms in total. The molecule has 0 aliphatic rings. The first-order valence-corrected chi connectivity index (χ1v) is 8.03. The Morgan fingerprint density at radius 1 is 1.31 bits per heavy atom. The Bertz CT molecular complexity index is 975. The third kappa shape index (κ3) is 3.44. The zero-order chi connectivity index (χ0) is 18.8. The fourth-order valence-electron chi connectivity index (χ4n) is 2.52. The summed E-state index contributed by atoms with van der Waals surface area (Å²) in [5.74, 6) is -1.05. The van der Waals surface area contributed by atoms with Gasteiger partial charge in [0.25, 0.3) is 5.91 Å². The summed E-state index contributed by atoms with van der Waals surface area (Å²) in [5.41, 5.74) is 0.818. The van der Waals surface area contributed by atoms with E-state index < -0.39 is 23.8 Å². The largest absolute Gasteiger partial charge is 0.449 e. The number of hydrogen-bond acceptors (Lipinski definition) is 6. The second-order valence-corrected chi connectivity index (χ2v) is 5.81. The Kier molecular flexibility index (Phi) is 4.75. The number of furan rings is 1. The van der Waals surface area contributed by atoms with Crippen molar-refractivity contribution in [2.75, 3.05) is 5.32 Å². The molecular weight excluding hydrogens is 343 g/mol. The van der Waals surface area contributed by atoms with E-state index in [-0.39, 0.29) is 18.0 Å². The molecule has 0 bridgehead atoms. The number of anilines is 1. The van der Waals surface area contributed by atoms with Crippen LogP contribution in [0.5, 0.6) is 0 Å². The summed E-state index contributed by atoms with van der Waals surface area (Å²) < 4.78 is 29.0. The van der Waals surface area contributed by atoms with Gasteiger partial charge in [-0.05, 0) is 38.5 Å². The number of carbonyl (C=O) groups excluding carboxylic acids is 2. The van der Waals surface area contributed by atoms with E-state index in [1.165, 1.54) is 18.2 Å². The minimum absolute atomic E-state index is 0.0610. The first-order chi connectivity index (χ1) is 12.4. The number of carbonyl (C=O) groups is 2. The summed E-state index contributed by atoms with van der Waals surface area (Å²) in [4.78, 5) is 24.7. The van der Waals surface area contributed by atoms with E-state index in [9.17, 15) is 14.0 Å². The van der Waals surface area contributed by atoms with Crippen LogP contribution in [0, 0.1) is 19.7 Å². The van der Waals surface area contributed by atoms with Crippen molar-refractivity contribution in [2.24, 2.45) is 0 Å². The molecule has 0 aliphatic carbocycles. The normalized spacial score (nSPS) is 12.2. The van der Waals surface area contributed by atoms with Crippen molar-refractivity contribution in [3.8, 4) is 0 Å². The lowest BCUT2D eigenvalue weighted by Crippen LogP contribution is -2.32. The molecule has 8 heteroatoms. The lowest BCUT2D eigenvalue weighted by atomic mass is 10.1. The van der Waals surface area contributed by atoms with Crippen LogP contribution in [0.3, 0.4) is 0 Å². The number of benzene rings is 1. The molecule has 0 aliphatic heterocycles. The van der Waals surface area contributed by atoms with E-state index in [0.717, 1.165) is 0 Å². The smallest absolute Gasteiger partial charge is 0.375 e. The van der Waals surface area contributed by atoms with E-state index in [2.05, 4.69) is 10.5 Å². The van der Waals surface area contributed by atoms with Gasteiger partial charge in [0.15, 0.2) is 11.9 Å². The van der Waals surface area contributed by atoms with Gasteiger partial charge in [0.2, 0.25) is 5.76 Å². The lowest BCUT2D eigenvalue weighted by molar-refractivity contribution is -0.124. The number of esters is 1. The molecule has 0 fully saturated rings. The maximum atomic E-state index is 13.4. The number of aromatic nitrogens is 1. The van der Waals surface area contributed by atoms with Crippen LogP contribution >= 0.6 is 0 Å². The number of amides is 1. The molecule has 1 N–H and O–H groups in total. The van der Waals surface area contributed by atoms with Gasteiger partial charge in [-0.1, -0.05) is 12.1 Å². The van der Waals surface area contributed by atoms with Crippen molar-refractivity contribution in [3.05, 3.63) is 47.2 Å². The molecule has 1 amide bonds. The highest BCUT2D eigenvalue weighted by atomic mass is 19.1. The molecular formula is C18H17FN2O5. The summed E-state index contributed by atoms with van der Waals surface area (Å²) in [7, 11) is 0. The summed E-state index contributed by atoms with van der Waals surface area (Å²) in [6, 6.07) is 5.50. The maximum Gasteiger partial charge on any atom is 0.375 e. The molecule has 136 valence electrons. The van der Waals surface area contributed by atoms with Gasteiger partial charge in [-0.2, -0.15) is 0 Å². The van der Waals surface area contributed by atoms with Crippen LogP contribution in [0.15, 0.2) is 33.2 Å². The van der Waals surface area contributed by atoms with Gasteiger partial charge < -0.3 is 19.0 Å². The number of rotatable bonds is 5. The molecule has 26 heavy (non-hydrogen) atoms. The summed E-state index contributed by atoms with van der Waals surface area (Å²) in [6.45, 7) is 5.01. The second kappa shape index (κ2) is 6.99. The molecule has 0 saturated heterocycles. The minimum atomic E-state index is -1.04. The monoisotopic (exact) mass is 360 g/mol. The van der Waals surface area contributed by atoms with E-state index >= 15 is 0 Å². The van der Waals surface area contributed by atoms with Gasteiger partial charge in [0.1, 0.15) is 17.2 Å². The predicted octanol–water partition coefficient (Wildman–Crippen LogP) is 3.75. The number of fused-ring (bicyclic) bond motifs is 1. The van der Waals surface area contributed by atoms with Crippen molar-refractivity contribution in [2.45, 2.75) is 33.3 Å². The Morgan fingerprint density at radius 3 is 2.73 bits per heavy atom. The van der Waals surface area contributed by atoms with Gasteiger partial charge in [0, 0.05) is 17.0 Å². The van der Waals surface area contributed by atoms with Crippen molar-refractivity contribution < 1.29 is 27.7 Å². The van der Waals surface area contributed by atoms with Crippen molar-refractivity contribution in [1.82, 2.24) is 5.16 Å². The van der Waals surface area contributed by atoms with E-state index in [1.807, 2.05) is 0 Å². The Balaban J connectivity index is 1.77. The topological polar surface area (TPSA) is 94.6 Å². The quantitative estimate of drug-likeness (QED) is 0.696. The zero-order valence-electron chi connectivity index (χ0n) is 14.5. The Hall–Kier alpha value is -3.16. The van der Waals surface area contributed by atoms with Crippen LogP contribution in [-0.2, 0) is 9.53 Å². The van der Waals surface area contributed by atoms with Crippen molar-refractivity contribution >= 4 is 28.7 Å². The van der Waals surface area contributed by atoms with E-state index in [0.29, 0.717) is 22.3 Å². The summed E-state index contributed by atoms with van der Waals surface area (Å²) >= 11 is 0. The Morgan fingerprint density at radius 2 is 2.08 bits per heavy atom. The highest BCUT2D eigenvalue weighted by molar-refractivity contribution is 5.99. The van der Waals surface area contributed by atoms with Crippen molar-refractivity contribution in [1.29, 1.82) is 0 Å². The van der Waals surface area contributed by atoms with Gasteiger partial charge in [0.05, 0.1) is 0 Å². The predicted molar refractivity (Wildman–Crippen MR) is 90.3 cm³/mol. The molecule has 2 aromatic heterocycles. The number of hydrogen-bond donors (Lipinski definition) is 1. The first-order valence-electron chi connectivity index (χ1n) is 8.03. The SMILES string of the molecule is CCC(OC(=O)c1oc2ccc(F)cc2c1C)C(=O)Nc1cc(C)on1. The van der Waals surface area contributed by atoms with Crippen LogP contribution in [0.25, 0.3) is 11.0 Å². The molecule has 0 spiro atoms. The van der Waals surface area contributed by atoms with E-state index in [4.69, 9.17) is 13.7 Å². The molecule has 2 heterocycles. The van der Waals surface area contributed by atoms with Crippen LogP contribution < -0.4 is 5.32 Å². The molecule has 0 radical (unpaired) electrons. The van der Waals surface area contributed by atoms with Gasteiger partial charge in [-0.15, -0.1) is 0 Å². The molecule has 1 atom stereocenters. The summed E-state index contributed by atoms with van der Waals surface area (Å²) in [5, 5.41) is 6.66. The molecule has 3 aromatic rings. The van der Waals surface area contributed by atoms with Crippen LogP contribution in [0.1, 0.15) is 35.2 Å². The minimum Gasteiger partial charge on any atom is -0.449 e. The molecule has 0 saturated carbocycles. The average molecular weight is 360 g/mol. The first kappa shape index (κ1) is 17.7. The fraction of sp³-hybridized carbons (Fsp3) is 0.278. The van der Waals surface area contributed by atoms with Gasteiger partial charge >= 0.3 is 5.97 Å². The Labute approximate surface area is 148 Å². The number of halogens is 1. The molecule has 1 aromatic carbocycles. The lowest BCUT2D eigenvalue weighted by Gasteiger charge is -2.14. The standard InChI is InChI=1S/C18H17FN2O5/c1-4-13(17(22)20-15-7-9(2)26-21-15)25-18(23)16-10(3)12-8-11(19)5-6-14(12)24-16/h5-8,13H,4H2,1-3H3,(H,20,21,22). The third-order valence-corrected chi connectivity index (χ3v) is 3.88. The number of nitrogens with one attached hydrogen (secondary N) is 1. The third-order valence-electron chi connectivity index (χ3n) is 3.88. The zero-order valence-corrected chi connectivity index (χ0v) is 14.5. The van der Waals surface area contributed by atoms with Gasteiger partial charge in [-0.25, -0.2) is 9.18 Å². The van der Waals surface area contributed by atoms with Crippen LogP contribution in [-0.4, -0.2) is 23.1 Å². The average Bonchev–Trinajstić information content (AvgIpc) is 3.16. The van der Waals surface area contributed by atoms with E-state index in [1.54, 1.807) is 26.8 Å². The molecule has 1 unspecified atom stereocenters. The fourth-order valence-corrected chi connectivity index (χ4v) is 2.52. The maximum absolute atomic E-state index is 13.4. The number of nitrogens with zero attached hydrogens (tertiary/aromatic N) is 1. The van der Waals surface area contributed by atoms with Crippen LogP contribution in [0.2, 0.25) is 0 Å².